The number of aromatic amines is 1. The highest BCUT2D eigenvalue weighted by Crippen LogP contribution is 2.24. The molecule has 0 aliphatic carbocycles. The Morgan fingerprint density at radius 3 is 3.04 bits per heavy atom. The topological polar surface area (TPSA) is 83.1 Å². The second-order valence-electron chi connectivity index (χ2n) is 5.83. The molecule has 136 valence electrons. The normalized spacial score (nSPS) is 20.7. The van der Waals surface area contributed by atoms with Gasteiger partial charge in [-0.05, 0) is 19.8 Å². The Labute approximate surface area is 155 Å². The first-order chi connectivity index (χ1) is 12.1. The van der Waals surface area contributed by atoms with Gasteiger partial charge in [-0.15, -0.1) is 11.3 Å². The van der Waals surface area contributed by atoms with Crippen LogP contribution in [-0.2, 0) is 11.2 Å². The number of anilines is 1. The highest BCUT2D eigenvalue weighted by molar-refractivity contribution is 7.13. The fourth-order valence-electron chi connectivity index (χ4n) is 2.98. The van der Waals surface area contributed by atoms with Gasteiger partial charge in [-0.1, -0.05) is 18.5 Å². The minimum Gasteiger partial charge on any atom is -0.375 e. The average molecular weight is 384 g/mol. The van der Waals surface area contributed by atoms with Gasteiger partial charge >= 0.3 is 0 Å². The number of amides is 1. The van der Waals surface area contributed by atoms with Crippen molar-refractivity contribution in [2.75, 3.05) is 24.6 Å². The zero-order valence-corrected chi connectivity index (χ0v) is 15.9. The quantitative estimate of drug-likeness (QED) is 0.800. The second kappa shape index (κ2) is 8.16. The molecule has 1 unspecified atom stereocenters. The molecule has 1 aliphatic rings. The van der Waals surface area contributed by atoms with Crippen molar-refractivity contribution in [3.8, 4) is 0 Å². The van der Waals surface area contributed by atoms with E-state index in [1.165, 1.54) is 0 Å². The molecule has 3 heterocycles. The van der Waals surface area contributed by atoms with Gasteiger partial charge in [0.05, 0.1) is 17.8 Å². The molecule has 1 saturated heterocycles. The maximum Gasteiger partial charge on any atom is 0.287 e. The van der Waals surface area contributed by atoms with E-state index >= 15 is 0 Å². The van der Waals surface area contributed by atoms with E-state index in [1.54, 1.807) is 17.5 Å². The predicted octanol–water partition coefficient (Wildman–Crippen LogP) is 2.50. The van der Waals surface area contributed by atoms with Crippen molar-refractivity contribution in [1.29, 1.82) is 0 Å². The number of H-pyrrole nitrogens is 1. The van der Waals surface area contributed by atoms with Crippen LogP contribution in [0.25, 0.3) is 0 Å². The summed E-state index contributed by atoms with van der Waals surface area (Å²) < 4.78 is 5.87. The Morgan fingerprint density at radius 2 is 2.40 bits per heavy atom. The first kappa shape index (κ1) is 18.2. The number of nitrogens with zero attached hydrogens (tertiary/aromatic N) is 3. The standard InChI is InChI=1S/C16H22ClN5O2S/c1-3-10-13(17)21-14(19-10)15(23)20-11-5-7-22(9-12(11)24-4-2)16-18-6-8-25-16/h6,8,11-12H,3-5,7,9H2,1-2H3,(H,19,21)(H,20,23)/t11?,12-/m0/s1. The maximum absolute atomic E-state index is 12.5. The molecule has 9 heteroatoms. The Bertz CT molecular complexity index is 705. The van der Waals surface area contributed by atoms with Crippen LogP contribution < -0.4 is 10.2 Å². The van der Waals surface area contributed by atoms with E-state index in [0.717, 1.165) is 23.8 Å². The Kier molecular flexibility index (Phi) is 5.93. The molecule has 1 aliphatic heterocycles. The molecule has 2 atom stereocenters. The van der Waals surface area contributed by atoms with Crippen LogP contribution in [0.2, 0.25) is 5.15 Å². The molecular formula is C16H22ClN5O2S. The molecule has 1 fully saturated rings. The third kappa shape index (κ3) is 4.13. The zero-order valence-electron chi connectivity index (χ0n) is 14.3. The van der Waals surface area contributed by atoms with Crippen LogP contribution in [0.5, 0.6) is 0 Å². The number of thiazole rings is 1. The van der Waals surface area contributed by atoms with Crippen molar-refractivity contribution in [1.82, 2.24) is 20.3 Å². The van der Waals surface area contributed by atoms with Gasteiger partial charge in [0, 0.05) is 31.3 Å². The van der Waals surface area contributed by atoms with Gasteiger partial charge < -0.3 is 19.9 Å². The number of ether oxygens (including phenoxy) is 1. The molecular weight excluding hydrogens is 362 g/mol. The number of halogens is 1. The van der Waals surface area contributed by atoms with Crippen LogP contribution in [0.1, 0.15) is 36.6 Å². The molecule has 0 radical (unpaired) electrons. The third-order valence-electron chi connectivity index (χ3n) is 4.24. The Balaban J connectivity index is 1.67. The number of piperidine rings is 1. The zero-order chi connectivity index (χ0) is 17.8. The number of aryl methyl sites for hydroxylation is 1. The number of hydrogen-bond acceptors (Lipinski definition) is 6. The number of aromatic nitrogens is 3. The van der Waals surface area contributed by atoms with Crippen molar-refractivity contribution in [2.24, 2.45) is 0 Å². The lowest BCUT2D eigenvalue weighted by molar-refractivity contribution is 0.0271. The maximum atomic E-state index is 12.5. The van der Waals surface area contributed by atoms with Crippen LogP contribution in [-0.4, -0.2) is 52.7 Å². The summed E-state index contributed by atoms with van der Waals surface area (Å²) in [5.41, 5.74) is 0.770. The van der Waals surface area contributed by atoms with Crippen LogP contribution in [0.4, 0.5) is 5.13 Å². The van der Waals surface area contributed by atoms with Gasteiger partial charge in [0.15, 0.2) is 16.1 Å². The fraction of sp³-hybridized carbons (Fsp3) is 0.562. The van der Waals surface area contributed by atoms with Gasteiger partial charge in [-0.25, -0.2) is 9.97 Å². The minimum atomic E-state index is -0.251. The van der Waals surface area contributed by atoms with E-state index < -0.39 is 0 Å². The summed E-state index contributed by atoms with van der Waals surface area (Å²) in [6.07, 6.45) is 3.19. The second-order valence-corrected chi connectivity index (χ2v) is 7.06. The van der Waals surface area contributed by atoms with Gasteiger partial charge in [0.25, 0.3) is 5.91 Å². The van der Waals surface area contributed by atoms with Crippen molar-refractivity contribution < 1.29 is 9.53 Å². The van der Waals surface area contributed by atoms with Crippen molar-refractivity contribution >= 4 is 34.0 Å². The summed E-state index contributed by atoms with van der Waals surface area (Å²) in [5, 5.41) is 6.34. The predicted molar refractivity (Wildman–Crippen MR) is 98.6 cm³/mol. The minimum absolute atomic E-state index is 0.0717. The molecule has 0 spiro atoms. The molecule has 25 heavy (non-hydrogen) atoms. The molecule has 0 bridgehead atoms. The number of nitrogens with one attached hydrogen (secondary N) is 2. The smallest absolute Gasteiger partial charge is 0.287 e. The molecule has 2 aromatic rings. The SMILES string of the molecule is CCO[C@H]1CN(c2nccs2)CCC1NC(=O)c1nc(Cl)c(CC)[nH]1. The number of carbonyl (C=O) groups excluding carboxylic acids is 1. The number of imidazole rings is 1. The summed E-state index contributed by atoms with van der Waals surface area (Å²) in [5.74, 6) is -0.00143. The molecule has 3 rings (SSSR count). The first-order valence-electron chi connectivity index (χ1n) is 8.43. The summed E-state index contributed by atoms with van der Waals surface area (Å²) in [7, 11) is 0. The van der Waals surface area contributed by atoms with Gasteiger partial charge in [-0.2, -0.15) is 0 Å². The van der Waals surface area contributed by atoms with Crippen LogP contribution >= 0.6 is 22.9 Å². The van der Waals surface area contributed by atoms with Crippen molar-refractivity contribution in [2.45, 2.75) is 38.8 Å². The summed E-state index contributed by atoms with van der Waals surface area (Å²) in [6.45, 7) is 6.03. The van der Waals surface area contributed by atoms with E-state index in [-0.39, 0.29) is 23.9 Å². The van der Waals surface area contributed by atoms with Crippen LogP contribution in [0.3, 0.4) is 0 Å². The first-order valence-corrected chi connectivity index (χ1v) is 9.69. The highest BCUT2D eigenvalue weighted by atomic mass is 35.5. The van der Waals surface area contributed by atoms with Crippen molar-refractivity contribution in [3.63, 3.8) is 0 Å². The summed E-state index contributed by atoms with van der Waals surface area (Å²) in [6, 6.07) is -0.0717. The van der Waals surface area contributed by atoms with Gasteiger partial charge in [0.1, 0.15) is 0 Å². The third-order valence-corrected chi connectivity index (χ3v) is 5.39. The lowest BCUT2D eigenvalue weighted by Crippen LogP contribution is -2.55. The van der Waals surface area contributed by atoms with Gasteiger partial charge in [-0.3, -0.25) is 4.79 Å². The Hall–Kier alpha value is -1.64. The molecule has 2 N–H and O–H groups in total. The van der Waals surface area contributed by atoms with Crippen molar-refractivity contribution in [3.05, 3.63) is 28.2 Å². The fourth-order valence-corrected chi connectivity index (χ4v) is 3.92. The number of hydrogen-bond donors (Lipinski definition) is 2. The van der Waals surface area contributed by atoms with E-state index in [4.69, 9.17) is 16.3 Å². The highest BCUT2D eigenvalue weighted by Gasteiger charge is 2.32. The summed E-state index contributed by atoms with van der Waals surface area (Å²) in [4.78, 5) is 26.2. The van der Waals surface area contributed by atoms with Crippen LogP contribution in [0.15, 0.2) is 11.6 Å². The van der Waals surface area contributed by atoms with E-state index in [2.05, 4.69) is 25.2 Å². The van der Waals surface area contributed by atoms with Crippen LogP contribution in [0, 0.1) is 0 Å². The van der Waals surface area contributed by atoms with E-state index in [0.29, 0.717) is 24.7 Å². The monoisotopic (exact) mass is 383 g/mol. The van der Waals surface area contributed by atoms with E-state index in [9.17, 15) is 4.79 Å². The number of rotatable bonds is 6. The molecule has 7 nitrogen and oxygen atoms in total. The molecule has 0 aromatic carbocycles. The lowest BCUT2D eigenvalue weighted by atomic mass is 10.0. The summed E-state index contributed by atoms with van der Waals surface area (Å²) >= 11 is 7.64. The van der Waals surface area contributed by atoms with E-state index in [1.807, 2.05) is 19.2 Å². The number of carbonyl (C=O) groups is 1. The van der Waals surface area contributed by atoms with Gasteiger partial charge in [0.2, 0.25) is 0 Å². The molecule has 1 amide bonds. The average Bonchev–Trinajstić information content (AvgIpc) is 3.26. The largest absolute Gasteiger partial charge is 0.375 e. The molecule has 0 saturated carbocycles. The Morgan fingerprint density at radius 1 is 1.56 bits per heavy atom. The lowest BCUT2D eigenvalue weighted by Gasteiger charge is -2.38. The molecule has 2 aromatic heterocycles.